The maximum absolute atomic E-state index is 4.75. The monoisotopic (exact) mass is 243 g/mol. The van der Waals surface area contributed by atoms with Crippen molar-refractivity contribution in [2.75, 3.05) is 0 Å². The molecule has 1 heterocycles. The number of hydrogen-bond donors (Lipinski definition) is 1. The van der Waals surface area contributed by atoms with E-state index in [1.807, 2.05) is 0 Å². The lowest BCUT2D eigenvalue weighted by atomic mass is 10.2. The average molecular weight is 243 g/mol. The Labute approximate surface area is 108 Å². The van der Waals surface area contributed by atoms with E-state index >= 15 is 0 Å². The van der Waals surface area contributed by atoms with Crippen LogP contribution in [0, 0.1) is 0 Å². The minimum absolute atomic E-state index is 0.522. The fourth-order valence-electron chi connectivity index (χ4n) is 2.39. The summed E-state index contributed by atoms with van der Waals surface area (Å²) in [6.45, 7) is 5.28. The second-order valence-electron chi connectivity index (χ2n) is 5.66. The number of imidazole rings is 1. The van der Waals surface area contributed by atoms with Gasteiger partial charge in [-0.15, -0.1) is 0 Å². The van der Waals surface area contributed by atoms with Crippen LogP contribution >= 0.6 is 0 Å². The first-order valence-electron chi connectivity index (χ1n) is 6.84. The molecule has 1 N–H and O–H groups in total. The van der Waals surface area contributed by atoms with E-state index in [4.69, 9.17) is 4.98 Å². The van der Waals surface area contributed by atoms with Gasteiger partial charge in [-0.1, -0.05) is 19.9 Å². The summed E-state index contributed by atoms with van der Waals surface area (Å²) < 4.78 is 2.27. The molecule has 0 saturated heterocycles. The van der Waals surface area contributed by atoms with E-state index in [0.29, 0.717) is 12.0 Å². The van der Waals surface area contributed by atoms with Crippen LogP contribution in [-0.2, 0) is 13.6 Å². The second-order valence-corrected chi connectivity index (χ2v) is 5.66. The Morgan fingerprint density at radius 3 is 2.83 bits per heavy atom. The van der Waals surface area contributed by atoms with Gasteiger partial charge >= 0.3 is 0 Å². The van der Waals surface area contributed by atoms with E-state index in [-0.39, 0.29) is 0 Å². The SMILES string of the molecule is CC(C)NCc1ccc2nc(C3CC3)n(C)c2c1. The Balaban J connectivity index is 1.93. The summed E-state index contributed by atoms with van der Waals surface area (Å²) in [5, 5.41) is 3.46. The number of benzene rings is 1. The first kappa shape index (κ1) is 11.7. The van der Waals surface area contributed by atoms with Crippen LogP contribution in [-0.4, -0.2) is 15.6 Å². The molecule has 3 rings (SSSR count). The number of nitrogens with one attached hydrogen (secondary N) is 1. The molecule has 1 aromatic carbocycles. The average Bonchev–Trinajstić information content (AvgIpc) is 3.13. The van der Waals surface area contributed by atoms with E-state index in [1.165, 1.54) is 29.7 Å². The lowest BCUT2D eigenvalue weighted by Gasteiger charge is -2.08. The minimum atomic E-state index is 0.522. The van der Waals surface area contributed by atoms with Gasteiger partial charge in [-0.3, -0.25) is 0 Å². The van der Waals surface area contributed by atoms with Gasteiger partial charge in [0.25, 0.3) is 0 Å². The zero-order chi connectivity index (χ0) is 12.7. The van der Waals surface area contributed by atoms with Crippen molar-refractivity contribution >= 4 is 11.0 Å². The molecule has 1 aliphatic rings. The van der Waals surface area contributed by atoms with Gasteiger partial charge in [-0.05, 0) is 30.5 Å². The highest BCUT2D eigenvalue weighted by atomic mass is 15.1. The van der Waals surface area contributed by atoms with Crippen LogP contribution in [0.3, 0.4) is 0 Å². The first-order valence-corrected chi connectivity index (χ1v) is 6.84. The molecular formula is C15H21N3. The van der Waals surface area contributed by atoms with Gasteiger partial charge in [-0.2, -0.15) is 0 Å². The summed E-state index contributed by atoms with van der Waals surface area (Å²) in [4.78, 5) is 4.75. The third-order valence-electron chi connectivity index (χ3n) is 3.64. The number of rotatable bonds is 4. The van der Waals surface area contributed by atoms with Gasteiger partial charge < -0.3 is 9.88 Å². The molecule has 96 valence electrons. The summed E-state index contributed by atoms with van der Waals surface area (Å²) in [5.41, 5.74) is 3.73. The molecule has 1 saturated carbocycles. The Bertz CT molecular complexity index is 564. The van der Waals surface area contributed by atoms with Crippen molar-refractivity contribution < 1.29 is 0 Å². The van der Waals surface area contributed by atoms with Crippen LogP contribution in [0.5, 0.6) is 0 Å². The zero-order valence-corrected chi connectivity index (χ0v) is 11.4. The molecule has 0 unspecified atom stereocenters. The van der Waals surface area contributed by atoms with E-state index in [0.717, 1.165) is 12.1 Å². The highest BCUT2D eigenvalue weighted by molar-refractivity contribution is 5.77. The molecule has 1 aliphatic carbocycles. The largest absolute Gasteiger partial charge is 0.331 e. The predicted molar refractivity (Wildman–Crippen MR) is 74.7 cm³/mol. The van der Waals surface area contributed by atoms with Gasteiger partial charge in [-0.25, -0.2) is 4.98 Å². The van der Waals surface area contributed by atoms with Gasteiger partial charge in [0, 0.05) is 25.6 Å². The summed E-state index contributed by atoms with van der Waals surface area (Å²) >= 11 is 0. The third-order valence-corrected chi connectivity index (χ3v) is 3.64. The van der Waals surface area contributed by atoms with E-state index in [2.05, 4.69) is 49.0 Å². The van der Waals surface area contributed by atoms with Crippen molar-refractivity contribution in [1.29, 1.82) is 0 Å². The topological polar surface area (TPSA) is 29.9 Å². The molecule has 0 amide bonds. The molecule has 0 radical (unpaired) electrons. The molecule has 1 aromatic heterocycles. The van der Waals surface area contributed by atoms with Gasteiger partial charge in [0.2, 0.25) is 0 Å². The van der Waals surface area contributed by atoms with E-state index in [9.17, 15) is 0 Å². The number of aromatic nitrogens is 2. The summed E-state index contributed by atoms with van der Waals surface area (Å²) in [6.07, 6.45) is 2.61. The third kappa shape index (κ3) is 2.15. The lowest BCUT2D eigenvalue weighted by Crippen LogP contribution is -2.21. The van der Waals surface area contributed by atoms with Crippen LogP contribution in [0.2, 0.25) is 0 Å². The molecular weight excluding hydrogens is 222 g/mol. The van der Waals surface area contributed by atoms with E-state index < -0.39 is 0 Å². The maximum atomic E-state index is 4.75. The Hall–Kier alpha value is -1.35. The van der Waals surface area contributed by atoms with Gasteiger partial charge in [0.15, 0.2) is 0 Å². The Morgan fingerprint density at radius 2 is 2.17 bits per heavy atom. The van der Waals surface area contributed by atoms with E-state index in [1.54, 1.807) is 0 Å². The molecule has 0 aliphatic heterocycles. The fraction of sp³-hybridized carbons (Fsp3) is 0.533. The van der Waals surface area contributed by atoms with Crippen molar-refractivity contribution in [1.82, 2.24) is 14.9 Å². The second kappa shape index (κ2) is 4.39. The predicted octanol–water partition coefficient (Wildman–Crippen LogP) is 2.95. The standard InChI is InChI=1S/C15H21N3/c1-10(2)16-9-11-4-7-13-14(8-11)18(3)15(17-13)12-5-6-12/h4,7-8,10,12,16H,5-6,9H2,1-3H3. The molecule has 18 heavy (non-hydrogen) atoms. The highest BCUT2D eigenvalue weighted by Gasteiger charge is 2.28. The molecule has 0 bridgehead atoms. The summed E-state index contributed by atoms with van der Waals surface area (Å²) in [7, 11) is 2.14. The van der Waals surface area contributed by atoms with Crippen LogP contribution in [0.25, 0.3) is 11.0 Å². The quantitative estimate of drug-likeness (QED) is 0.894. The minimum Gasteiger partial charge on any atom is -0.331 e. The van der Waals surface area contributed by atoms with Gasteiger partial charge in [0.1, 0.15) is 5.82 Å². The van der Waals surface area contributed by atoms with Crippen molar-refractivity contribution in [2.24, 2.45) is 7.05 Å². The summed E-state index contributed by atoms with van der Waals surface area (Å²) in [6, 6.07) is 7.12. The maximum Gasteiger partial charge on any atom is 0.112 e. The lowest BCUT2D eigenvalue weighted by molar-refractivity contribution is 0.589. The van der Waals surface area contributed by atoms with Crippen molar-refractivity contribution in [3.8, 4) is 0 Å². The number of aryl methyl sites for hydroxylation is 1. The smallest absolute Gasteiger partial charge is 0.112 e. The Kier molecular flexibility index (Phi) is 2.86. The molecule has 3 nitrogen and oxygen atoms in total. The first-order chi connectivity index (χ1) is 8.65. The molecule has 0 atom stereocenters. The normalized spacial score (nSPS) is 15.8. The number of hydrogen-bond acceptors (Lipinski definition) is 2. The number of nitrogens with zero attached hydrogens (tertiary/aromatic N) is 2. The number of fused-ring (bicyclic) bond motifs is 1. The van der Waals surface area contributed by atoms with Crippen LogP contribution in [0.15, 0.2) is 18.2 Å². The molecule has 0 spiro atoms. The van der Waals surface area contributed by atoms with Crippen molar-refractivity contribution in [3.05, 3.63) is 29.6 Å². The highest BCUT2D eigenvalue weighted by Crippen LogP contribution is 2.40. The van der Waals surface area contributed by atoms with Crippen molar-refractivity contribution in [3.63, 3.8) is 0 Å². The molecule has 1 fully saturated rings. The van der Waals surface area contributed by atoms with Crippen LogP contribution in [0.4, 0.5) is 0 Å². The van der Waals surface area contributed by atoms with Crippen LogP contribution in [0.1, 0.15) is 44.0 Å². The molecule has 2 aromatic rings. The van der Waals surface area contributed by atoms with Crippen molar-refractivity contribution in [2.45, 2.75) is 45.2 Å². The Morgan fingerprint density at radius 1 is 1.39 bits per heavy atom. The molecule has 3 heteroatoms. The zero-order valence-electron chi connectivity index (χ0n) is 11.4. The van der Waals surface area contributed by atoms with Crippen LogP contribution < -0.4 is 5.32 Å². The summed E-state index contributed by atoms with van der Waals surface area (Å²) in [5.74, 6) is 1.97. The van der Waals surface area contributed by atoms with Gasteiger partial charge in [0.05, 0.1) is 11.0 Å². The fourth-order valence-corrected chi connectivity index (χ4v) is 2.39.